The van der Waals surface area contributed by atoms with Crippen LogP contribution in [-0.4, -0.2) is 74.5 Å². The summed E-state index contributed by atoms with van der Waals surface area (Å²) in [7, 11) is -3.47. The molecule has 0 radical (unpaired) electrons. The largest absolute Gasteiger partial charge is 0.340 e. The van der Waals surface area contributed by atoms with Crippen LogP contribution < -0.4 is 10.0 Å². The zero-order chi connectivity index (χ0) is 19.6. The molecule has 1 aromatic rings. The molecule has 0 aliphatic carbocycles. The minimum atomic E-state index is -3.47. The first-order valence-electron chi connectivity index (χ1n) is 8.63. The van der Waals surface area contributed by atoms with E-state index in [0.29, 0.717) is 13.0 Å². The molecule has 2 N–H and O–H groups in total. The molecule has 2 aliphatic heterocycles. The highest BCUT2D eigenvalue weighted by Crippen LogP contribution is 2.29. The normalized spacial score (nSPS) is 23.4. The molecule has 2 aliphatic rings. The fraction of sp³-hybridized carbons (Fsp3) is 0.471. The number of urea groups is 1. The van der Waals surface area contributed by atoms with Crippen molar-refractivity contribution in [2.45, 2.75) is 18.4 Å². The second-order valence-electron chi connectivity index (χ2n) is 6.78. The van der Waals surface area contributed by atoms with Crippen LogP contribution in [0.25, 0.3) is 0 Å². The maximum absolute atomic E-state index is 12.6. The molecule has 0 spiro atoms. The summed E-state index contributed by atoms with van der Waals surface area (Å²) in [6, 6.07) is 8.48. The molecule has 0 aromatic heterocycles. The minimum absolute atomic E-state index is 0.0679. The Balaban J connectivity index is 1.73. The Bertz CT molecular complexity index is 826. The zero-order valence-corrected chi connectivity index (χ0v) is 15.7. The average Bonchev–Trinajstić information content (AvgIpc) is 2.93. The van der Waals surface area contributed by atoms with Gasteiger partial charge in [0.15, 0.2) is 0 Å². The Morgan fingerprint density at radius 3 is 2.56 bits per heavy atom. The molecule has 146 valence electrons. The van der Waals surface area contributed by atoms with E-state index in [2.05, 4.69) is 10.0 Å². The molecule has 0 bridgehead atoms. The molecule has 3 rings (SSSR count). The number of imide groups is 1. The van der Waals surface area contributed by atoms with Gasteiger partial charge in [-0.3, -0.25) is 14.5 Å². The van der Waals surface area contributed by atoms with E-state index < -0.39 is 28.0 Å². The van der Waals surface area contributed by atoms with E-state index in [1.165, 1.54) is 4.90 Å². The SMILES string of the molecule is CS(=O)(=O)N[C@H]1CN(C(=O)CN2C(=O)CNC2=O)CC[C@H]1c1ccccc1. The Morgan fingerprint density at radius 1 is 1.26 bits per heavy atom. The molecule has 2 atom stereocenters. The third kappa shape index (κ3) is 4.64. The average molecular weight is 394 g/mol. The summed E-state index contributed by atoms with van der Waals surface area (Å²) in [5.74, 6) is -0.896. The van der Waals surface area contributed by atoms with Gasteiger partial charge in [0.1, 0.15) is 6.54 Å². The molecule has 2 saturated heterocycles. The quantitative estimate of drug-likeness (QED) is 0.652. The number of nitrogens with one attached hydrogen (secondary N) is 2. The van der Waals surface area contributed by atoms with Crippen LogP contribution in [-0.2, 0) is 19.6 Å². The van der Waals surface area contributed by atoms with Crippen LogP contribution in [0.3, 0.4) is 0 Å². The van der Waals surface area contributed by atoms with Crippen molar-refractivity contribution in [3.63, 3.8) is 0 Å². The lowest BCUT2D eigenvalue weighted by molar-refractivity contribution is -0.137. The van der Waals surface area contributed by atoms with Gasteiger partial charge in [-0.15, -0.1) is 0 Å². The smallest absolute Gasteiger partial charge is 0.325 e. The standard InChI is InChI=1S/C17H22N4O5S/c1-27(25,26)19-14-10-20(8-7-13(14)12-5-3-2-4-6-12)16(23)11-21-15(22)9-18-17(21)24/h2-6,13-14,19H,7-11H2,1H3,(H,18,24)/t13-,14-/m0/s1. The summed E-state index contributed by atoms with van der Waals surface area (Å²) in [6.45, 7) is 0.145. The predicted octanol–water partition coefficient (Wildman–Crippen LogP) is -0.528. The summed E-state index contributed by atoms with van der Waals surface area (Å²) in [4.78, 5) is 38.3. The van der Waals surface area contributed by atoms with E-state index in [9.17, 15) is 22.8 Å². The van der Waals surface area contributed by atoms with Crippen molar-refractivity contribution in [1.82, 2.24) is 19.8 Å². The highest BCUT2D eigenvalue weighted by atomic mass is 32.2. The van der Waals surface area contributed by atoms with Crippen LogP contribution in [0.15, 0.2) is 30.3 Å². The van der Waals surface area contributed by atoms with Gasteiger partial charge >= 0.3 is 6.03 Å². The highest BCUT2D eigenvalue weighted by molar-refractivity contribution is 7.88. The van der Waals surface area contributed by atoms with Gasteiger partial charge in [0.2, 0.25) is 15.9 Å². The van der Waals surface area contributed by atoms with Crippen LogP contribution in [0.5, 0.6) is 0 Å². The number of sulfonamides is 1. The lowest BCUT2D eigenvalue weighted by Gasteiger charge is -2.39. The Hall–Kier alpha value is -2.46. The third-order valence-electron chi connectivity index (χ3n) is 4.79. The van der Waals surface area contributed by atoms with Gasteiger partial charge in [-0.1, -0.05) is 30.3 Å². The maximum atomic E-state index is 12.6. The first kappa shape index (κ1) is 19.3. The number of rotatable bonds is 5. The molecule has 0 unspecified atom stereocenters. The third-order valence-corrected chi connectivity index (χ3v) is 5.52. The Kier molecular flexibility index (Phi) is 5.47. The van der Waals surface area contributed by atoms with Gasteiger partial charge in [-0.2, -0.15) is 0 Å². The van der Waals surface area contributed by atoms with Gasteiger partial charge < -0.3 is 10.2 Å². The fourth-order valence-corrected chi connectivity index (χ4v) is 4.31. The molecule has 0 saturated carbocycles. The number of piperidine rings is 1. The van der Waals surface area contributed by atoms with Crippen molar-refractivity contribution < 1.29 is 22.8 Å². The number of carbonyl (C=O) groups excluding carboxylic acids is 3. The van der Waals surface area contributed by atoms with Crippen molar-refractivity contribution in [3.05, 3.63) is 35.9 Å². The Morgan fingerprint density at radius 2 is 1.96 bits per heavy atom. The van der Waals surface area contributed by atoms with Crippen molar-refractivity contribution in [2.75, 3.05) is 32.4 Å². The van der Waals surface area contributed by atoms with Gasteiger partial charge in [-0.05, 0) is 12.0 Å². The number of hydrogen-bond acceptors (Lipinski definition) is 5. The van der Waals surface area contributed by atoms with Crippen LogP contribution in [0, 0.1) is 0 Å². The topological polar surface area (TPSA) is 116 Å². The number of carbonyl (C=O) groups is 3. The second-order valence-corrected chi connectivity index (χ2v) is 8.56. The van der Waals surface area contributed by atoms with Crippen LogP contribution >= 0.6 is 0 Å². The monoisotopic (exact) mass is 394 g/mol. The first-order chi connectivity index (χ1) is 12.7. The van der Waals surface area contributed by atoms with Crippen LogP contribution in [0.1, 0.15) is 17.9 Å². The second kappa shape index (κ2) is 7.65. The van der Waals surface area contributed by atoms with Crippen molar-refractivity contribution >= 4 is 27.9 Å². The van der Waals surface area contributed by atoms with Crippen LogP contribution in [0.2, 0.25) is 0 Å². The van der Waals surface area contributed by atoms with E-state index in [1.807, 2.05) is 30.3 Å². The molecule has 1 aromatic carbocycles. The van der Waals surface area contributed by atoms with E-state index in [0.717, 1.165) is 16.7 Å². The predicted molar refractivity (Wildman–Crippen MR) is 97.3 cm³/mol. The summed E-state index contributed by atoms with van der Waals surface area (Å²) in [5.41, 5.74) is 1.000. The zero-order valence-electron chi connectivity index (χ0n) is 14.9. The Labute approximate surface area is 157 Å². The van der Waals surface area contributed by atoms with Gasteiger partial charge in [0.05, 0.1) is 12.8 Å². The lowest BCUT2D eigenvalue weighted by atomic mass is 9.86. The minimum Gasteiger partial charge on any atom is -0.340 e. The number of benzene rings is 1. The number of hydrogen-bond donors (Lipinski definition) is 2. The van der Waals surface area contributed by atoms with E-state index in [-0.39, 0.29) is 31.5 Å². The first-order valence-corrected chi connectivity index (χ1v) is 10.5. The molecule has 10 heteroatoms. The van der Waals surface area contributed by atoms with E-state index >= 15 is 0 Å². The summed E-state index contributed by atoms with van der Waals surface area (Å²) < 4.78 is 26.2. The summed E-state index contributed by atoms with van der Waals surface area (Å²) in [5, 5.41) is 2.37. The van der Waals surface area contributed by atoms with Crippen molar-refractivity contribution in [3.8, 4) is 0 Å². The molecular formula is C17H22N4O5S. The van der Waals surface area contributed by atoms with Gasteiger partial charge in [-0.25, -0.2) is 17.9 Å². The number of amides is 4. The van der Waals surface area contributed by atoms with Crippen molar-refractivity contribution in [2.24, 2.45) is 0 Å². The van der Waals surface area contributed by atoms with E-state index in [4.69, 9.17) is 0 Å². The van der Waals surface area contributed by atoms with Crippen molar-refractivity contribution in [1.29, 1.82) is 0 Å². The molecule has 2 heterocycles. The van der Waals surface area contributed by atoms with Gasteiger partial charge in [0.25, 0.3) is 5.91 Å². The fourth-order valence-electron chi connectivity index (χ4n) is 3.52. The number of nitrogens with zero attached hydrogens (tertiary/aromatic N) is 2. The molecule has 2 fully saturated rings. The number of likely N-dealkylation sites (tertiary alicyclic amines) is 1. The molecule has 4 amide bonds. The van der Waals surface area contributed by atoms with Crippen LogP contribution in [0.4, 0.5) is 4.79 Å². The summed E-state index contributed by atoms with van der Waals surface area (Å²) in [6.07, 6.45) is 1.66. The maximum Gasteiger partial charge on any atom is 0.325 e. The van der Waals surface area contributed by atoms with E-state index in [1.54, 1.807) is 0 Å². The lowest BCUT2D eigenvalue weighted by Crippen LogP contribution is -2.54. The highest BCUT2D eigenvalue weighted by Gasteiger charge is 2.36. The van der Waals surface area contributed by atoms with Gasteiger partial charge in [0, 0.05) is 25.0 Å². The molecular weight excluding hydrogens is 372 g/mol. The molecule has 9 nitrogen and oxygen atoms in total. The summed E-state index contributed by atoms with van der Waals surface area (Å²) >= 11 is 0. The molecule has 27 heavy (non-hydrogen) atoms.